The van der Waals surface area contributed by atoms with Crippen LogP contribution >= 0.6 is 23.1 Å². The molecule has 0 saturated heterocycles. The van der Waals surface area contributed by atoms with Crippen molar-refractivity contribution in [3.8, 4) is 0 Å². The lowest BCUT2D eigenvalue weighted by Gasteiger charge is -1.95. The van der Waals surface area contributed by atoms with Crippen molar-refractivity contribution in [2.75, 3.05) is 11.1 Å². The first-order chi connectivity index (χ1) is 9.67. The van der Waals surface area contributed by atoms with Crippen molar-refractivity contribution in [3.05, 3.63) is 41.7 Å². The predicted molar refractivity (Wildman–Crippen MR) is 80.4 cm³/mol. The molecule has 0 radical (unpaired) electrons. The average molecular weight is 309 g/mol. The zero-order valence-electron chi connectivity index (χ0n) is 10.7. The Kier molecular flexibility index (Phi) is 5.25. The standard InChI is InChI=1S/C13H12FN3OS2/c1-2-19-13-17-16-12(20-13)15-11(18)8-5-9-3-6-10(14)7-4-9/h3-8H,2H2,1H3,(H,15,16,18). The van der Waals surface area contributed by atoms with Crippen LogP contribution < -0.4 is 5.32 Å². The van der Waals surface area contributed by atoms with Crippen LogP contribution in [0.5, 0.6) is 0 Å². The summed E-state index contributed by atoms with van der Waals surface area (Å²) in [4.78, 5) is 11.7. The van der Waals surface area contributed by atoms with Gasteiger partial charge in [-0.15, -0.1) is 10.2 Å². The number of thioether (sulfide) groups is 1. The van der Waals surface area contributed by atoms with Crippen molar-refractivity contribution in [1.82, 2.24) is 10.2 Å². The Bertz CT molecular complexity index is 610. The van der Waals surface area contributed by atoms with Gasteiger partial charge < -0.3 is 0 Å². The number of hydrogen-bond acceptors (Lipinski definition) is 5. The van der Waals surface area contributed by atoms with Crippen molar-refractivity contribution < 1.29 is 9.18 Å². The molecule has 2 aromatic rings. The molecule has 20 heavy (non-hydrogen) atoms. The van der Waals surface area contributed by atoms with Gasteiger partial charge in [-0.1, -0.05) is 42.2 Å². The number of anilines is 1. The van der Waals surface area contributed by atoms with E-state index >= 15 is 0 Å². The molecule has 0 aliphatic carbocycles. The highest BCUT2D eigenvalue weighted by Gasteiger charge is 2.05. The molecule has 1 aromatic carbocycles. The van der Waals surface area contributed by atoms with E-state index in [4.69, 9.17) is 0 Å². The van der Waals surface area contributed by atoms with Gasteiger partial charge in [0.2, 0.25) is 11.0 Å². The summed E-state index contributed by atoms with van der Waals surface area (Å²) < 4.78 is 13.5. The molecule has 1 heterocycles. The molecule has 0 saturated carbocycles. The molecular formula is C13H12FN3OS2. The van der Waals surface area contributed by atoms with Crippen LogP contribution in [0.15, 0.2) is 34.7 Å². The van der Waals surface area contributed by atoms with E-state index in [2.05, 4.69) is 15.5 Å². The van der Waals surface area contributed by atoms with Crippen LogP contribution in [0.25, 0.3) is 6.08 Å². The SMILES string of the molecule is CCSc1nnc(NC(=O)C=Cc2ccc(F)cc2)s1. The van der Waals surface area contributed by atoms with E-state index in [1.807, 2.05) is 6.92 Å². The van der Waals surface area contributed by atoms with Gasteiger partial charge in [0.25, 0.3) is 0 Å². The lowest BCUT2D eigenvalue weighted by molar-refractivity contribution is -0.111. The summed E-state index contributed by atoms with van der Waals surface area (Å²) in [5.41, 5.74) is 0.751. The minimum Gasteiger partial charge on any atom is -0.297 e. The fourth-order valence-electron chi connectivity index (χ4n) is 1.33. The number of benzene rings is 1. The van der Waals surface area contributed by atoms with Gasteiger partial charge in [0.05, 0.1) is 0 Å². The fourth-order valence-corrected chi connectivity index (χ4v) is 2.99. The summed E-state index contributed by atoms with van der Waals surface area (Å²) in [7, 11) is 0. The molecule has 0 atom stereocenters. The smallest absolute Gasteiger partial charge is 0.250 e. The summed E-state index contributed by atoms with van der Waals surface area (Å²) in [5, 5.41) is 10.9. The number of aromatic nitrogens is 2. The van der Waals surface area contributed by atoms with Crippen LogP contribution in [0.1, 0.15) is 12.5 Å². The molecule has 0 aliphatic heterocycles. The summed E-state index contributed by atoms with van der Waals surface area (Å²) >= 11 is 2.91. The normalized spacial score (nSPS) is 10.9. The Labute approximate surface area is 124 Å². The van der Waals surface area contributed by atoms with E-state index in [-0.39, 0.29) is 11.7 Å². The summed E-state index contributed by atoms with van der Waals surface area (Å²) in [6.07, 6.45) is 2.98. The number of halogens is 1. The quantitative estimate of drug-likeness (QED) is 0.522. The van der Waals surface area contributed by atoms with Crippen molar-refractivity contribution in [2.45, 2.75) is 11.3 Å². The summed E-state index contributed by atoms with van der Waals surface area (Å²) in [6.45, 7) is 2.02. The van der Waals surface area contributed by atoms with Crippen LogP contribution in [0.3, 0.4) is 0 Å². The number of nitrogens with zero attached hydrogens (tertiary/aromatic N) is 2. The lowest BCUT2D eigenvalue weighted by atomic mass is 10.2. The second kappa shape index (κ2) is 7.16. The Morgan fingerprint density at radius 2 is 2.15 bits per heavy atom. The first kappa shape index (κ1) is 14.7. The first-order valence-corrected chi connectivity index (χ1v) is 7.68. The van der Waals surface area contributed by atoms with Crippen LogP contribution in [0.4, 0.5) is 9.52 Å². The Morgan fingerprint density at radius 3 is 2.85 bits per heavy atom. The maximum atomic E-state index is 12.7. The van der Waals surface area contributed by atoms with Crippen molar-refractivity contribution >= 4 is 40.2 Å². The van der Waals surface area contributed by atoms with E-state index in [0.717, 1.165) is 15.7 Å². The minimum absolute atomic E-state index is 0.293. The third-order valence-electron chi connectivity index (χ3n) is 2.20. The van der Waals surface area contributed by atoms with Gasteiger partial charge in [0.15, 0.2) is 4.34 Å². The first-order valence-electron chi connectivity index (χ1n) is 5.88. The summed E-state index contributed by atoms with van der Waals surface area (Å²) in [6, 6.07) is 5.88. The van der Waals surface area contributed by atoms with Gasteiger partial charge in [0, 0.05) is 6.08 Å². The molecule has 0 bridgehead atoms. The zero-order chi connectivity index (χ0) is 14.4. The van der Waals surface area contributed by atoms with E-state index in [1.54, 1.807) is 30.0 Å². The Morgan fingerprint density at radius 1 is 1.40 bits per heavy atom. The van der Waals surface area contributed by atoms with Gasteiger partial charge in [-0.2, -0.15) is 0 Å². The molecular weight excluding hydrogens is 297 g/mol. The zero-order valence-corrected chi connectivity index (χ0v) is 12.3. The van der Waals surface area contributed by atoms with Gasteiger partial charge in [-0.05, 0) is 29.5 Å². The number of amides is 1. The number of rotatable bonds is 5. The van der Waals surface area contributed by atoms with Crippen LogP contribution in [0, 0.1) is 5.82 Å². The van der Waals surface area contributed by atoms with E-state index in [1.165, 1.54) is 29.5 Å². The number of nitrogens with one attached hydrogen (secondary N) is 1. The number of hydrogen-bond donors (Lipinski definition) is 1. The van der Waals surface area contributed by atoms with Gasteiger partial charge >= 0.3 is 0 Å². The third-order valence-corrected chi connectivity index (χ3v) is 4.06. The van der Waals surface area contributed by atoms with Crippen LogP contribution in [0.2, 0.25) is 0 Å². The minimum atomic E-state index is -0.304. The maximum absolute atomic E-state index is 12.7. The highest BCUT2D eigenvalue weighted by atomic mass is 32.2. The van der Waals surface area contributed by atoms with Gasteiger partial charge in [0.1, 0.15) is 5.82 Å². The summed E-state index contributed by atoms with van der Waals surface area (Å²) in [5.74, 6) is 0.312. The predicted octanol–water partition coefficient (Wildman–Crippen LogP) is 3.44. The molecule has 1 amide bonds. The molecule has 7 heteroatoms. The Hall–Kier alpha value is -1.73. The number of carbonyl (C=O) groups excluding carboxylic acids is 1. The Balaban J connectivity index is 1.92. The van der Waals surface area contributed by atoms with E-state index < -0.39 is 0 Å². The van der Waals surface area contributed by atoms with Crippen LogP contribution in [-0.4, -0.2) is 21.9 Å². The third kappa shape index (κ3) is 4.43. The molecule has 1 aromatic heterocycles. The number of carbonyl (C=O) groups is 1. The molecule has 0 unspecified atom stereocenters. The topological polar surface area (TPSA) is 54.9 Å². The molecule has 0 spiro atoms. The lowest BCUT2D eigenvalue weighted by Crippen LogP contribution is -2.07. The molecule has 2 rings (SSSR count). The molecule has 1 N–H and O–H groups in total. The highest BCUT2D eigenvalue weighted by molar-refractivity contribution is 8.01. The largest absolute Gasteiger partial charge is 0.297 e. The fraction of sp³-hybridized carbons (Fsp3) is 0.154. The highest BCUT2D eigenvalue weighted by Crippen LogP contribution is 2.24. The van der Waals surface area contributed by atoms with Gasteiger partial charge in [-0.25, -0.2) is 4.39 Å². The second-order valence-electron chi connectivity index (χ2n) is 3.68. The second-order valence-corrected chi connectivity index (χ2v) is 6.17. The molecule has 0 fully saturated rings. The van der Waals surface area contributed by atoms with E-state index in [9.17, 15) is 9.18 Å². The van der Waals surface area contributed by atoms with Crippen molar-refractivity contribution in [3.63, 3.8) is 0 Å². The maximum Gasteiger partial charge on any atom is 0.250 e. The van der Waals surface area contributed by atoms with E-state index in [0.29, 0.717) is 5.13 Å². The molecule has 0 aliphatic rings. The van der Waals surface area contributed by atoms with Crippen molar-refractivity contribution in [2.24, 2.45) is 0 Å². The van der Waals surface area contributed by atoms with Gasteiger partial charge in [-0.3, -0.25) is 10.1 Å². The molecule has 4 nitrogen and oxygen atoms in total. The van der Waals surface area contributed by atoms with Crippen LogP contribution in [-0.2, 0) is 4.79 Å². The van der Waals surface area contributed by atoms with Crippen molar-refractivity contribution in [1.29, 1.82) is 0 Å². The molecule has 104 valence electrons. The monoisotopic (exact) mass is 309 g/mol. The average Bonchev–Trinajstić information content (AvgIpc) is 2.86.